The molecular weight excluding hydrogens is 332 g/mol. The number of amides is 1. The Morgan fingerprint density at radius 3 is 2.71 bits per heavy atom. The Hall–Kier alpha value is -2.38. The fourth-order valence-corrected chi connectivity index (χ4v) is 2.05. The highest BCUT2D eigenvalue weighted by Crippen LogP contribution is 2.15. The largest absolute Gasteiger partial charge is 0.465 e. The van der Waals surface area contributed by atoms with E-state index in [0.29, 0.717) is 12.3 Å². The van der Waals surface area contributed by atoms with Crippen LogP contribution in [0.2, 0.25) is 0 Å². The zero-order valence-corrected chi connectivity index (χ0v) is 14.4. The maximum Gasteiger partial charge on any atom is 0.319 e. The van der Waals surface area contributed by atoms with Crippen LogP contribution in [0.25, 0.3) is 5.69 Å². The maximum atomic E-state index is 11.9. The van der Waals surface area contributed by atoms with Gasteiger partial charge in [-0.3, -0.25) is 14.9 Å². The zero-order valence-electron chi connectivity index (χ0n) is 13.6. The van der Waals surface area contributed by atoms with Crippen molar-refractivity contribution in [1.82, 2.24) is 15.1 Å². The second kappa shape index (κ2) is 9.69. The van der Waals surface area contributed by atoms with Crippen LogP contribution in [-0.2, 0) is 14.3 Å². The van der Waals surface area contributed by atoms with Gasteiger partial charge in [-0.1, -0.05) is 6.07 Å². The van der Waals surface area contributed by atoms with Crippen LogP contribution in [0.4, 0.5) is 5.69 Å². The molecule has 0 unspecified atom stereocenters. The lowest BCUT2D eigenvalue weighted by atomic mass is 10.2. The Labute approximate surface area is 146 Å². The number of aryl methyl sites for hydroxylation is 1. The van der Waals surface area contributed by atoms with Crippen LogP contribution in [0, 0.1) is 6.92 Å². The van der Waals surface area contributed by atoms with Crippen molar-refractivity contribution in [3.05, 3.63) is 42.2 Å². The molecule has 0 atom stereocenters. The predicted octanol–water partition coefficient (Wildman–Crippen LogP) is 1.69. The average molecular weight is 353 g/mol. The number of halogens is 1. The number of esters is 1. The van der Waals surface area contributed by atoms with Crippen LogP contribution in [0.1, 0.15) is 12.6 Å². The molecule has 0 radical (unpaired) electrons. The highest BCUT2D eigenvalue weighted by atomic mass is 35.5. The van der Waals surface area contributed by atoms with Crippen LogP contribution >= 0.6 is 12.4 Å². The van der Waals surface area contributed by atoms with Gasteiger partial charge in [-0.05, 0) is 38.1 Å². The van der Waals surface area contributed by atoms with E-state index in [9.17, 15) is 9.59 Å². The molecule has 1 heterocycles. The summed E-state index contributed by atoms with van der Waals surface area (Å²) in [5, 5.41) is 9.74. The number of anilines is 1. The molecule has 0 aliphatic heterocycles. The van der Waals surface area contributed by atoms with E-state index in [2.05, 4.69) is 15.7 Å². The number of hydrogen-bond donors (Lipinski definition) is 2. The van der Waals surface area contributed by atoms with Crippen molar-refractivity contribution in [2.24, 2.45) is 0 Å². The molecule has 2 rings (SSSR count). The lowest BCUT2D eigenvalue weighted by Gasteiger charge is -2.09. The third-order valence-electron chi connectivity index (χ3n) is 3.07. The molecule has 8 heteroatoms. The highest BCUT2D eigenvalue weighted by Gasteiger charge is 2.07. The van der Waals surface area contributed by atoms with Gasteiger partial charge in [0.2, 0.25) is 5.91 Å². The number of ether oxygens (including phenoxy) is 1. The molecule has 0 aliphatic carbocycles. The quantitative estimate of drug-likeness (QED) is 0.741. The molecule has 0 bridgehead atoms. The van der Waals surface area contributed by atoms with Gasteiger partial charge in [0.1, 0.15) is 0 Å². The fourth-order valence-electron chi connectivity index (χ4n) is 2.05. The van der Waals surface area contributed by atoms with Gasteiger partial charge in [0.25, 0.3) is 0 Å². The Morgan fingerprint density at radius 1 is 1.25 bits per heavy atom. The van der Waals surface area contributed by atoms with E-state index >= 15 is 0 Å². The monoisotopic (exact) mass is 352 g/mol. The second-order valence-corrected chi connectivity index (χ2v) is 4.89. The Kier molecular flexibility index (Phi) is 7.94. The molecule has 2 N–H and O–H groups in total. The molecule has 2 aromatic rings. The smallest absolute Gasteiger partial charge is 0.319 e. The molecule has 24 heavy (non-hydrogen) atoms. The summed E-state index contributed by atoms with van der Waals surface area (Å²) in [5.41, 5.74) is 2.54. The normalized spacial score (nSPS) is 9.92. The molecule has 0 aliphatic rings. The topological polar surface area (TPSA) is 85.2 Å². The van der Waals surface area contributed by atoms with Gasteiger partial charge in [-0.25, -0.2) is 4.68 Å². The molecule has 0 saturated carbocycles. The molecule has 0 saturated heterocycles. The molecule has 7 nitrogen and oxygen atoms in total. The summed E-state index contributed by atoms with van der Waals surface area (Å²) in [5.74, 6) is -0.611. The van der Waals surface area contributed by atoms with E-state index in [1.54, 1.807) is 23.9 Å². The lowest BCUT2D eigenvalue weighted by Crippen LogP contribution is -2.32. The summed E-state index contributed by atoms with van der Waals surface area (Å²) < 4.78 is 6.55. The van der Waals surface area contributed by atoms with Crippen LogP contribution in [0.15, 0.2) is 36.5 Å². The van der Waals surface area contributed by atoms with Crippen molar-refractivity contribution in [2.45, 2.75) is 13.8 Å². The third-order valence-corrected chi connectivity index (χ3v) is 3.07. The second-order valence-electron chi connectivity index (χ2n) is 4.89. The first-order chi connectivity index (χ1) is 11.1. The van der Waals surface area contributed by atoms with Gasteiger partial charge >= 0.3 is 5.97 Å². The molecular formula is C16H21ClN4O3. The average Bonchev–Trinajstić information content (AvgIpc) is 2.94. The van der Waals surface area contributed by atoms with Gasteiger partial charge in [0.15, 0.2) is 0 Å². The highest BCUT2D eigenvalue weighted by molar-refractivity contribution is 5.92. The van der Waals surface area contributed by atoms with E-state index in [-0.39, 0.29) is 37.4 Å². The maximum absolute atomic E-state index is 11.9. The number of carbonyl (C=O) groups excluding carboxylic acids is 2. The summed E-state index contributed by atoms with van der Waals surface area (Å²) in [6.07, 6.45) is 1.72. The lowest BCUT2D eigenvalue weighted by molar-refractivity contribution is -0.141. The van der Waals surface area contributed by atoms with E-state index < -0.39 is 0 Å². The Bertz CT molecular complexity index is 687. The number of benzene rings is 1. The summed E-state index contributed by atoms with van der Waals surface area (Å²) >= 11 is 0. The summed E-state index contributed by atoms with van der Waals surface area (Å²) in [6, 6.07) is 9.30. The Balaban J connectivity index is 0.00000288. The number of nitrogens with zero attached hydrogens (tertiary/aromatic N) is 2. The minimum Gasteiger partial charge on any atom is -0.465 e. The molecule has 0 spiro atoms. The van der Waals surface area contributed by atoms with Crippen molar-refractivity contribution in [1.29, 1.82) is 0 Å². The number of aromatic nitrogens is 2. The molecule has 130 valence electrons. The predicted molar refractivity (Wildman–Crippen MR) is 93.7 cm³/mol. The SMILES string of the molecule is CCOC(=O)CNCC(=O)Nc1cccc(-n2nccc2C)c1.Cl. The number of hydrogen-bond acceptors (Lipinski definition) is 5. The first-order valence-electron chi connectivity index (χ1n) is 7.37. The van der Waals surface area contributed by atoms with E-state index in [0.717, 1.165) is 11.4 Å². The molecule has 1 aromatic heterocycles. The minimum atomic E-state index is -0.378. The summed E-state index contributed by atoms with van der Waals surface area (Å²) in [6.45, 7) is 4.06. The minimum absolute atomic E-state index is 0. The van der Waals surface area contributed by atoms with Gasteiger partial charge in [-0.15, -0.1) is 12.4 Å². The van der Waals surface area contributed by atoms with Crippen molar-refractivity contribution in [2.75, 3.05) is 25.0 Å². The standard InChI is InChI=1S/C16H20N4O3.ClH/c1-3-23-16(22)11-17-10-15(21)19-13-5-4-6-14(9-13)20-12(2)7-8-18-20;/h4-9,17H,3,10-11H2,1-2H3,(H,19,21);1H. The van der Waals surface area contributed by atoms with Crippen molar-refractivity contribution >= 4 is 30.0 Å². The number of carbonyl (C=O) groups is 2. The summed E-state index contributed by atoms with van der Waals surface area (Å²) in [7, 11) is 0. The van der Waals surface area contributed by atoms with Gasteiger partial charge in [0.05, 0.1) is 25.4 Å². The van der Waals surface area contributed by atoms with Crippen LogP contribution < -0.4 is 10.6 Å². The first-order valence-corrected chi connectivity index (χ1v) is 7.37. The molecule has 1 aromatic carbocycles. The fraction of sp³-hybridized carbons (Fsp3) is 0.312. The van der Waals surface area contributed by atoms with Gasteiger partial charge in [-0.2, -0.15) is 5.10 Å². The van der Waals surface area contributed by atoms with Gasteiger partial charge in [0, 0.05) is 17.6 Å². The number of rotatable bonds is 7. The van der Waals surface area contributed by atoms with Crippen LogP contribution in [0.3, 0.4) is 0 Å². The molecule has 1 amide bonds. The Morgan fingerprint density at radius 2 is 2.04 bits per heavy atom. The van der Waals surface area contributed by atoms with Crippen molar-refractivity contribution in [3.63, 3.8) is 0 Å². The van der Waals surface area contributed by atoms with Crippen LogP contribution in [0.5, 0.6) is 0 Å². The first kappa shape index (κ1) is 19.7. The van der Waals surface area contributed by atoms with Crippen molar-refractivity contribution < 1.29 is 14.3 Å². The van der Waals surface area contributed by atoms with Crippen LogP contribution in [-0.4, -0.2) is 41.4 Å². The van der Waals surface area contributed by atoms with E-state index in [1.165, 1.54) is 0 Å². The van der Waals surface area contributed by atoms with Gasteiger partial charge < -0.3 is 10.1 Å². The summed E-state index contributed by atoms with van der Waals surface area (Å²) in [4.78, 5) is 23.0. The van der Waals surface area contributed by atoms with E-state index in [1.807, 2.05) is 31.2 Å². The molecule has 0 fully saturated rings. The van der Waals surface area contributed by atoms with Crippen molar-refractivity contribution in [3.8, 4) is 5.69 Å². The number of nitrogens with one attached hydrogen (secondary N) is 2. The zero-order chi connectivity index (χ0) is 16.7. The third kappa shape index (κ3) is 5.68. The van der Waals surface area contributed by atoms with E-state index in [4.69, 9.17) is 4.74 Å².